The maximum Gasteiger partial charge on any atom is 0.227 e. The van der Waals surface area contributed by atoms with Crippen molar-refractivity contribution in [2.75, 3.05) is 18.4 Å². The molecular weight excluding hydrogens is 391 g/mol. The molecule has 1 N–H and O–H groups in total. The molecule has 26 heavy (non-hydrogen) atoms. The number of nitrogens with one attached hydrogen (secondary N) is 1. The SMILES string of the molecule is Cc1c(Cl)cccc1NC(=O)C1CCN(Cc2ccc(Cl)cc2Cl)CC1. The number of carbonyl (C=O) groups is 1. The number of likely N-dealkylation sites (tertiary alicyclic amines) is 1. The van der Waals surface area contributed by atoms with Gasteiger partial charge in [0.1, 0.15) is 0 Å². The lowest BCUT2D eigenvalue weighted by Crippen LogP contribution is -2.37. The molecule has 1 saturated heterocycles. The van der Waals surface area contributed by atoms with Crippen LogP contribution >= 0.6 is 34.8 Å². The average Bonchev–Trinajstić information content (AvgIpc) is 2.62. The molecule has 0 aliphatic carbocycles. The Bertz CT molecular complexity index is 802. The highest BCUT2D eigenvalue weighted by Gasteiger charge is 2.25. The van der Waals surface area contributed by atoms with Gasteiger partial charge in [0.2, 0.25) is 5.91 Å². The van der Waals surface area contributed by atoms with E-state index in [1.54, 1.807) is 6.07 Å². The van der Waals surface area contributed by atoms with Gasteiger partial charge in [-0.3, -0.25) is 9.69 Å². The Morgan fingerprint density at radius 3 is 2.54 bits per heavy atom. The van der Waals surface area contributed by atoms with Crippen LogP contribution < -0.4 is 5.32 Å². The van der Waals surface area contributed by atoms with Gasteiger partial charge in [-0.25, -0.2) is 0 Å². The molecule has 0 atom stereocenters. The molecule has 0 saturated carbocycles. The van der Waals surface area contributed by atoms with Crippen molar-refractivity contribution < 1.29 is 4.79 Å². The molecule has 1 aliphatic heterocycles. The summed E-state index contributed by atoms with van der Waals surface area (Å²) in [5, 5.41) is 5.02. The molecule has 138 valence electrons. The van der Waals surface area contributed by atoms with Crippen LogP contribution in [0.2, 0.25) is 15.1 Å². The molecule has 1 heterocycles. The van der Waals surface area contributed by atoms with Crippen LogP contribution in [0, 0.1) is 12.8 Å². The molecule has 2 aromatic carbocycles. The largest absolute Gasteiger partial charge is 0.326 e. The Labute approximate surface area is 169 Å². The van der Waals surface area contributed by atoms with Gasteiger partial charge in [0.25, 0.3) is 0 Å². The zero-order valence-electron chi connectivity index (χ0n) is 14.6. The van der Waals surface area contributed by atoms with E-state index in [9.17, 15) is 4.79 Å². The number of piperidine rings is 1. The molecule has 0 bridgehead atoms. The number of benzene rings is 2. The molecule has 0 spiro atoms. The minimum Gasteiger partial charge on any atom is -0.326 e. The fraction of sp³-hybridized carbons (Fsp3) is 0.350. The number of amides is 1. The second-order valence-corrected chi connectivity index (χ2v) is 7.94. The van der Waals surface area contributed by atoms with Crippen molar-refractivity contribution in [2.45, 2.75) is 26.3 Å². The van der Waals surface area contributed by atoms with Gasteiger partial charge in [0.15, 0.2) is 0 Å². The van der Waals surface area contributed by atoms with Crippen molar-refractivity contribution >= 4 is 46.4 Å². The first-order valence-electron chi connectivity index (χ1n) is 8.66. The van der Waals surface area contributed by atoms with E-state index in [0.717, 1.165) is 49.3 Å². The van der Waals surface area contributed by atoms with Gasteiger partial charge in [-0.15, -0.1) is 0 Å². The van der Waals surface area contributed by atoms with Crippen molar-refractivity contribution in [2.24, 2.45) is 5.92 Å². The maximum atomic E-state index is 12.6. The lowest BCUT2D eigenvalue weighted by atomic mass is 9.95. The summed E-state index contributed by atoms with van der Waals surface area (Å²) in [6.45, 7) is 4.42. The average molecular weight is 412 g/mol. The van der Waals surface area contributed by atoms with E-state index in [1.165, 1.54) is 0 Å². The van der Waals surface area contributed by atoms with E-state index in [4.69, 9.17) is 34.8 Å². The van der Waals surface area contributed by atoms with E-state index in [-0.39, 0.29) is 11.8 Å². The second-order valence-electron chi connectivity index (χ2n) is 6.69. The minimum absolute atomic E-state index is 0.0188. The van der Waals surface area contributed by atoms with Crippen molar-refractivity contribution in [3.63, 3.8) is 0 Å². The molecule has 1 fully saturated rings. The van der Waals surface area contributed by atoms with E-state index in [0.29, 0.717) is 15.1 Å². The number of hydrogen-bond acceptors (Lipinski definition) is 2. The third-order valence-corrected chi connectivity index (χ3v) is 5.89. The van der Waals surface area contributed by atoms with Crippen LogP contribution in [0.5, 0.6) is 0 Å². The molecular formula is C20H21Cl3N2O. The minimum atomic E-state index is 0.0188. The number of hydrogen-bond donors (Lipinski definition) is 1. The zero-order valence-corrected chi connectivity index (χ0v) is 16.8. The van der Waals surface area contributed by atoms with Crippen molar-refractivity contribution in [1.82, 2.24) is 4.90 Å². The molecule has 2 aromatic rings. The van der Waals surface area contributed by atoms with Crippen LogP contribution in [0.1, 0.15) is 24.0 Å². The first-order chi connectivity index (χ1) is 12.4. The van der Waals surface area contributed by atoms with Crippen LogP contribution in [0.25, 0.3) is 0 Å². The van der Waals surface area contributed by atoms with Crippen LogP contribution in [0.3, 0.4) is 0 Å². The van der Waals surface area contributed by atoms with Gasteiger partial charge in [-0.1, -0.05) is 46.9 Å². The van der Waals surface area contributed by atoms with Gasteiger partial charge in [0, 0.05) is 33.2 Å². The van der Waals surface area contributed by atoms with Crippen LogP contribution in [-0.4, -0.2) is 23.9 Å². The lowest BCUT2D eigenvalue weighted by Gasteiger charge is -2.31. The first-order valence-corrected chi connectivity index (χ1v) is 9.79. The summed E-state index contributed by atoms with van der Waals surface area (Å²) in [5.41, 5.74) is 2.75. The summed E-state index contributed by atoms with van der Waals surface area (Å²) in [4.78, 5) is 14.9. The monoisotopic (exact) mass is 410 g/mol. The summed E-state index contributed by atoms with van der Waals surface area (Å²) in [7, 11) is 0. The number of anilines is 1. The van der Waals surface area contributed by atoms with Gasteiger partial charge in [0.05, 0.1) is 0 Å². The molecule has 3 rings (SSSR count). The standard InChI is InChI=1S/C20H21Cl3N2O/c1-13-17(22)3-2-4-19(13)24-20(26)14-7-9-25(10-8-14)12-15-5-6-16(21)11-18(15)23/h2-6,11,14H,7-10,12H2,1H3,(H,24,26). The quantitative estimate of drug-likeness (QED) is 0.689. The third kappa shape index (κ3) is 4.72. The molecule has 0 aromatic heterocycles. The van der Waals surface area contributed by atoms with Crippen molar-refractivity contribution in [1.29, 1.82) is 0 Å². The van der Waals surface area contributed by atoms with Gasteiger partial charge >= 0.3 is 0 Å². The Hall–Kier alpha value is -1.26. The summed E-state index contributed by atoms with van der Waals surface area (Å²) < 4.78 is 0. The summed E-state index contributed by atoms with van der Waals surface area (Å²) in [6.07, 6.45) is 1.66. The Morgan fingerprint density at radius 2 is 1.85 bits per heavy atom. The topological polar surface area (TPSA) is 32.3 Å². The lowest BCUT2D eigenvalue weighted by molar-refractivity contribution is -0.121. The molecule has 1 amide bonds. The highest BCUT2D eigenvalue weighted by atomic mass is 35.5. The fourth-order valence-corrected chi connectivity index (χ4v) is 3.86. The summed E-state index contributed by atoms with van der Waals surface area (Å²) in [6, 6.07) is 11.2. The van der Waals surface area contributed by atoms with Crippen LogP contribution in [-0.2, 0) is 11.3 Å². The van der Waals surface area contributed by atoms with Crippen LogP contribution in [0.15, 0.2) is 36.4 Å². The predicted octanol–water partition coefficient (Wildman–Crippen LogP) is 5.81. The van der Waals surface area contributed by atoms with E-state index < -0.39 is 0 Å². The number of nitrogens with zero attached hydrogens (tertiary/aromatic N) is 1. The second kappa shape index (κ2) is 8.62. The third-order valence-electron chi connectivity index (χ3n) is 4.89. The smallest absolute Gasteiger partial charge is 0.227 e. The Morgan fingerprint density at radius 1 is 1.12 bits per heavy atom. The summed E-state index contributed by atoms with van der Waals surface area (Å²) in [5.74, 6) is 0.0878. The van der Waals surface area contributed by atoms with Gasteiger partial charge in [-0.05, 0) is 68.2 Å². The fourth-order valence-electron chi connectivity index (χ4n) is 3.22. The summed E-state index contributed by atoms with van der Waals surface area (Å²) >= 11 is 18.3. The van der Waals surface area contributed by atoms with E-state index in [2.05, 4.69) is 10.2 Å². The Balaban J connectivity index is 1.54. The zero-order chi connectivity index (χ0) is 18.7. The van der Waals surface area contributed by atoms with Crippen molar-refractivity contribution in [3.05, 3.63) is 62.6 Å². The number of halogens is 3. The molecule has 3 nitrogen and oxygen atoms in total. The number of carbonyl (C=O) groups excluding carboxylic acids is 1. The highest BCUT2D eigenvalue weighted by Crippen LogP contribution is 2.27. The van der Waals surface area contributed by atoms with Crippen molar-refractivity contribution in [3.8, 4) is 0 Å². The highest BCUT2D eigenvalue weighted by molar-refractivity contribution is 6.35. The van der Waals surface area contributed by atoms with Gasteiger partial charge < -0.3 is 5.32 Å². The molecule has 1 aliphatic rings. The predicted molar refractivity (Wildman–Crippen MR) is 109 cm³/mol. The maximum absolute atomic E-state index is 12.6. The number of rotatable bonds is 4. The molecule has 0 unspecified atom stereocenters. The van der Waals surface area contributed by atoms with E-state index in [1.807, 2.05) is 37.3 Å². The van der Waals surface area contributed by atoms with Crippen LogP contribution in [0.4, 0.5) is 5.69 Å². The first kappa shape index (κ1) is 19.5. The molecule has 6 heteroatoms. The van der Waals surface area contributed by atoms with E-state index >= 15 is 0 Å². The Kier molecular flexibility index (Phi) is 6.46. The van der Waals surface area contributed by atoms with Gasteiger partial charge in [-0.2, -0.15) is 0 Å². The molecule has 0 radical (unpaired) electrons. The normalized spacial score (nSPS) is 15.8.